The normalized spacial score (nSPS) is 12.1. The molecule has 0 bridgehead atoms. The van der Waals surface area contributed by atoms with Crippen molar-refractivity contribution in [2.45, 2.75) is 32.8 Å². The van der Waals surface area contributed by atoms with Gasteiger partial charge in [0.15, 0.2) is 0 Å². The first kappa shape index (κ1) is 16.0. The highest BCUT2D eigenvalue weighted by Gasteiger charge is 2.20. The molecule has 22 heavy (non-hydrogen) atoms. The molecule has 0 aromatic carbocycles. The summed E-state index contributed by atoms with van der Waals surface area (Å²) in [6.07, 6.45) is 1.63. The molecule has 0 fully saturated rings. The average Bonchev–Trinajstić information content (AvgIpc) is 3.06. The highest BCUT2D eigenvalue weighted by Crippen LogP contribution is 2.13. The smallest absolute Gasteiger partial charge is 0.277 e. The van der Waals surface area contributed by atoms with Crippen LogP contribution in [-0.2, 0) is 12.8 Å². The minimum atomic E-state index is -0.962. The van der Waals surface area contributed by atoms with E-state index in [0.29, 0.717) is 29.9 Å². The predicted octanol–water partition coefficient (Wildman–Crippen LogP) is 0.951. The van der Waals surface area contributed by atoms with Gasteiger partial charge in [0.2, 0.25) is 0 Å². The van der Waals surface area contributed by atoms with Crippen LogP contribution in [0.15, 0.2) is 27.6 Å². The van der Waals surface area contributed by atoms with Crippen molar-refractivity contribution < 1.29 is 14.3 Å². The molecule has 0 saturated carbocycles. The summed E-state index contributed by atoms with van der Waals surface area (Å²) in [5.41, 5.74) is 0.857. The predicted molar refractivity (Wildman–Crippen MR) is 79.6 cm³/mol. The van der Waals surface area contributed by atoms with Crippen molar-refractivity contribution in [1.29, 1.82) is 0 Å². The molecule has 0 aliphatic rings. The van der Waals surface area contributed by atoms with Crippen LogP contribution >= 0.6 is 0 Å². The van der Waals surface area contributed by atoms with E-state index in [2.05, 4.69) is 15.5 Å². The monoisotopic (exact) mass is 305 g/mol. The summed E-state index contributed by atoms with van der Waals surface area (Å²) in [4.78, 5) is 24.2. The number of rotatable bonds is 6. The summed E-state index contributed by atoms with van der Waals surface area (Å²) in [7, 11) is 0. The lowest BCUT2D eigenvalue weighted by molar-refractivity contribution is 0.0898. The van der Waals surface area contributed by atoms with E-state index >= 15 is 0 Å². The third-order valence-corrected chi connectivity index (χ3v) is 3.41. The fourth-order valence-electron chi connectivity index (χ4n) is 2.30. The average molecular weight is 305 g/mol. The van der Waals surface area contributed by atoms with Gasteiger partial charge in [-0.05, 0) is 30.5 Å². The zero-order valence-electron chi connectivity index (χ0n) is 12.5. The van der Waals surface area contributed by atoms with Gasteiger partial charge in [0.1, 0.15) is 17.4 Å². The minimum absolute atomic E-state index is 0.0429. The molecule has 1 unspecified atom stereocenters. The number of aryl methyl sites for hydroxylation is 1. The number of amides is 1. The minimum Gasteiger partial charge on any atom is -0.467 e. The third kappa shape index (κ3) is 3.25. The molecule has 118 valence electrons. The van der Waals surface area contributed by atoms with E-state index in [0.717, 1.165) is 0 Å². The maximum absolute atomic E-state index is 12.3. The Bertz CT molecular complexity index is 691. The molecule has 0 radical (unpaired) electrons. The van der Waals surface area contributed by atoms with E-state index in [4.69, 9.17) is 4.42 Å². The molecule has 0 aliphatic heterocycles. The van der Waals surface area contributed by atoms with Crippen LogP contribution in [-0.4, -0.2) is 27.8 Å². The number of aliphatic hydroxyl groups excluding tert-OH is 1. The van der Waals surface area contributed by atoms with Crippen LogP contribution in [0.25, 0.3) is 0 Å². The molecule has 2 aromatic heterocycles. The van der Waals surface area contributed by atoms with Crippen LogP contribution in [0.3, 0.4) is 0 Å². The Morgan fingerprint density at radius 1 is 1.45 bits per heavy atom. The van der Waals surface area contributed by atoms with Crippen molar-refractivity contribution in [3.05, 3.63) is 51.3 Å². The molecule has 7 nitrogen and oxygen atoms in total. The number of aliphatic hydroxyl groups is 1. The number of H-pyrrole nitrogens is 1. The topological polar surface area (TPSA) is 108 Å². The van der Waals surface area contributed by atoms with Crippen LogP contribution in [0.1, 0.15) is 47.3 Å². The van der Waals surface area contributed by atoms with Crippen molar-refractivity contribution in [2.24, 2.45) is 0 Å². The molecule has 0 saturated heterocycles. The Morgan fingerprint density at radius 3 is 2.82 bits per heavy atom. The van der Waals surface area contributed by atoms with Gasteiger partial charge in [-0.25, -0.2) is 5.10 Å². The van der Waals surface area contributed by atoms with Crippen LogP contribution in [0, 0.1) is 0 Å². The maximum Gasteiger partial charge on any atom is 0.277 e. The lowest BCUT2D eigenvalue weighted by Gasteiger charge is -2.12. The molecule has 1 amide bonds. The number of hydrogen-bond acceptors (Lipinski definition) is 5. The molecule has 2 aromatic rings. The summed E-state index contributed by atoms with van der Waals surface area (Å²) >= 11 is 0. The van der Waals surface area contributed by atoms with Gasteiger partial charge in [0, 0.05) is 0 Å². The van der Waals surface area contributed by atoms with Gasteiger partial charge >= 0.3 is 0 Å². The second-order valence-corrected chi connectivity index (χ2v) is 4.80. The third-order valence-electron chi connectivity index (χ3n) is 3.41. The van der Waals surface area contributed by atoms with Gasteiger partial charge in [-0.3, -0.25) is 9.59 Å². The Kier molecular flexibility index (Phi) is 5.11. The van der Waals surface area contributed by atoms with E-state index in [1.165, 1.54) is 6.26 Å². The highest BCUT2D eigenvalue weighted by molar-refractivity contribution is 5.95. The standard InChI is InChI=1S/C15H19N3O4/c1-3-9-10(4-2)17-18-15(21)13(9)14(20)16-8-11(19)12-6-5-7-22-12/h5-7,11,19H,3-4,8H2,1-2H3,(H,16,20)(H,18,21). The number of aromatic amines is 1. The molecule has 0 spiro atoms. The van der Waals surface area contributed by atoms with Crippen LogP contribution in [0.5, 0.6) is 0 Å². The fraction of sp³-hybridized carbons (Fsp3) is 0.400. The number of carbonyl (C=O) groups excluding carboxylic acids is 1. The molecule has 3 N–H and O–H groups in total. The van der Waals surface area contributed by atoms with Crippen molar-refractivity contribution in [3.63, 3.8) is 0 Å². The Labute approximate surface area is 127 Å². The molecule has 2 rings (SSSR count). The Morgan fingerprint density at radius 2 is 2.23 bits per heavy atom. The highest BCUT2D eigenvalue weighted by atomic mass is 16.4. The first-order valence-electron chi connectivity index (χ1n) is 7.18. The summed E-state index contributed by atoms with van der Waals surface area (Å²) in [6, 6.07) is 3.26. The summed E-state index contributed by atoms with van der Waals surface area (Å²) in [5.74, 6) is -0.172. The largest absolute Gasteiger partial charge is 0.467 e. The van der Waals surface area contributed by atoms with E-state index in [1.54, 1.807) is 12.1 Å². The van der Waals surface area contributed by atoms with Gasteiger partial charge in [-0.15, -0.1) is 0 Å². The second kappa shape index (κ2) is 7.04. The maximum atomic E-state index is 12.3. The zero-order chi connectivity index (χ0) is 16.1. The van der Waals surface area contributed by atoms with Crippen molar-refractivity contribution >= 4 is 5.91 Å². The summed E-state index contributed by atoms with van der Waals surface area (Å²) in [6.45, 7) is 3.73. The van der Waals surface area contributed by atoms with Gasteiger partial charge < -0.3 is 14.8 Å². The van der Waals surface area contributed by atoms with E-state index < -0.39 is 17.6 Å². The number of nitrogens with zero attached hydrogens (tertiary/aromatic N) is 1. The number of hydrogen-bond donors (Lipinski definition) is 3. The molecule has 7 heteroatoms. The SMILES string of the molecule is CCc1n[nH]c(=O)c(C(=O)NCC(O)c2ccco2)c1CC. The Balaban J connectivity index is 2.17. The van der Waals surface area contributed by atoms with Gasteiger partial charge in [-0.1, -0.05) is 13.8 Å². The lowest BCUT2D eigenvalue weighted by Crippen LogP contribution is -2.34. The molecule has 2 heterocycles. The zero-order valence-corrected chi connectivity index (χ0v) is 12.5. The summed E-state index contributed by atoms with van der Waals surface area (Å²) < 4.78 is 5.06. The van der Waals surface area contributed by atoms with Gasteiger partial charge in [0.25, 0.3) is 11.5 Å². The summed E-state index contributed by atoms with van der Waals surface area (Å²) in [5, 5.41) is 18.8. The molecule has 1 atom stereocenters. The van der Waals surface area contributed by atoms with Gasteiger partial charge in [0.05, 0.1) is 18.5 Å². The van der Waals surface area contributed by atoms with Crippen molar-refractivity contribution in [3.8, 4) is 0 Å². The Hall–Kier alpha value is -2.41. The van der Waals surface area contributed by atoms with E-state index in [-0.39, 0.29) is 12.1 Å². The van der Waals surface area contributed by atoms with Crippen LogP contribution in [0.2, 0.25) is 0 Å². The van der Waals surface area contributed by atoms with E-state index in [1.807, 2.05) is 13.8 Å². The lowest BCUT2D eigenvalue weighted by atomic mass is 10.0. The molecular weight excluding hydrogens is 286 g/mol. The number of aromatic nitrogens is 2. The number of nitrogens with one attached hydrogen (secondary N) is 2. The fourth-order valence-corrected chi connectivity index (χ4v) is 2.30. The first-order valence-corrected chi connectivity index (χ1v) is 7.18. The molecule has 0 aliphatic carbocycles. The number of furan rings is 1. The van der Waals surface area contributed by atoms with Gasteiger partial charge in [-0.2, -0.15) is 5.10 Å². The van der Waals surface area contributed by atoms with Crippen molar-refractivity contribution in [2.75, 3.05) is 6.54 Å². The first-order chi connectivity index (χ1) is 10.6. The van der Waals surface area contributed by atoms with Crippen molar-refractivity contribution in [1.82, 2.24) is 15.5 Å². The van der Waals surface area contributed by atoms with Crippen LogP contribution < -0.4 is 10.9 Å². The van der Waals surface area contributed by atoms with E-state index in [9.17, 15) is 14.7 Å². The number of carbonyl (C=O) groups is 1. The quantitative estimate of drug-likeness (QED) is 0.736. The van der Waals surface area contributed by atoms with Crippen LogP contribution in [0.4, 0.5) is 0 Å². The second-order valence-electron chi connectivity index (χ2n) is 4.80. The molecular formula is C15H19N3O4.